The van der Waals surface area contributed by atoms with Crippen molar-refractivity contribution in [3.63, 3.8) is 0 Å². The Morgan fingerprint density at radius 3 is 2.71 bits per heavy atom. The first kappa shape index (κ1) is 19.7. The van der Waals surface area contributed by atoms with E-state index >= 15 is 0 Å². The number of aromatic nitrogens is 2. The fourth-order valence-corrected chi connectivity index (χ4v) is 2.73. The number of anilines is 1. The number of hydrogen-bond donors (Lipinski definition) is 1. The molecule has 28 heavy (non-hydrogen) atoms. The third-order valence-electron chi connectivity index (χ3n) is 3.83. The Labute approximate surface area is 167 Å². The molecule has 6 nitrogen and oxygen atoms in total. The number of nitrogens with two attached hydrogens (primary N) is 1. The summed E-state index contributed by atoms with van der Waals surface area (Å²) in [5, 5.41) is 4.61. The topological polar surface area (TPSA) is 74.7 Å². The van der Waals surface area contributed by atoms with Crippen LogP contribution < -0.4 is 15.2 Å². The van der Waals surface area contributed by atoms with E-state index in [2.05, 4.69) is 10.1 Å². The Balaban J connectivity index is 1.77. The van der Waals surface area contributed by atoms with Gasteiger partial charge in [-0.2, -0.15) is 5.10 Å². The van der Waals surface area contributed by atoms with Crippen LogP contribution in [-0.2, 0) is 6.61 Å². The zero-order valence-corrected chi connectivity index (χ0v) is 16.3. The summed E-state index contributed by atoms with van der Waals surface area (Å²) in [6, 6.07) is 9.63. The summed E-state index contributed by atoms with van der Waals surface area (Å²) < 4.78 is 26.2. The lowest BCUT2D eigenvalue weighted by atomic mass is 10.2. The summed E-state index contributed by atoms with van der Waals surface area (Å²) >= 11 is 6.05. The van der Waals surface area contributed by atoms with Crippen LogP contribution in [0.2, 0.25) is 5.02 Å². The highest BCUT2D eigenvalue weighted by atomic mass is 35.5. The van der Waals surface area contributed by atoms with Crippen LogP contribution in [0.1, 0.15) is 23.7 Å². The van der Waals surface area contributed by atoms with Gasteiger partial charge in [0.15, 0.2) is 11.5 Å². The lowest BCUT2D eigenvalue weighted by Crippen LogP contribution is -2.01. The molecule has 2 aromatic carbocycles. The third kappa shape index (κ3) is 4.80. The number of aryl methyl sites for hydroxylation is 1. The summed E-state index contributed by atoms with van der Waals surface area (Å²) in [7, 11) is 0. The van der Waals surface area contributed by atoms with E-state index in [9.17, 15) is 4.39 Å². The molecule has 0 aliphatic rings. The van der Waals surface area contributed by atoms with Crippen LogP contribution in [0.4, 0.5) is 10.3 Å². The normalized spacial score (nSPS) is 11.1. The van der Waals surface area contributed by atoms with Gasteiger partial charge < -0.3 is 15.2 Å². The van der Waals surface area contributed by atoms with Gasteiger partial charge in [0.1, 0.15) is 12.4 Å². The predicted molar refractivity (Wildman–Crippen MR) is 108 cm³/mol. The van der Waals surface area contributed by atoms with E-state index in [4.69, 9.17) is 26.8 Å². The number of benzene rings is 2. The van der Waals surface area contributed by atoms with E-state index in [0.717, 1.165) is 11.3 Å². The zero-order valence-electron chi connectivity index (χ0n) is 15.5. The van der Waals surface area contributed by atoms with E-state index in [0.29, 0.717) is 34.6 Å². The van der Waals surface area contributed by atoms with Gasteiger partial charge >= 0.3 is 0 Å². The quantitative estimate of drug-likeness (QED) is 0.593. The molecule has 0 amide bonds. The lowest BCUT2D eigenvalue weighted by Gasteiger charge is -2.13. The molecule has 3 aromatic rings. The third-order valence-corrected chi connectivity index (χ3v) is 4.18. The van der Waals surface area contributed by atoms with Crippen LogP contribution in [0.15, 0.2) is 47.7 Å². The number of halogens is 2. The maximum atomic E-state index is 13.2. The average Bonchev–Trinajstić information content (AvgIpc) is 2.98. The maximum Gasteiger partial charge on any atom is 0.221 e. The van der Waals surface area contributed by atoms with Gasteiger partial charge in [0.05, 0.1) is 29.7 Å². The van der Waals surface area contributed by atoms with Crippen LogP contribution in [0.25, 0.3) is 0 Å². The van der Waals surface area contributed by atoms with Crippen molar-refractivity contribution in [3.05, 3.63) is 70.3 Å². The maximum absolute atomic E-state index is 13.2. The van der Waals surface area contributed by atoms with E-state index in [1.54, 1.807) is 24.5 Å². The van der Waals surface area contributed by atoms with Crippen LogP contribution in [0, 0.1) is 12.7 Å². The van der Waals surface area contributed by atoms with Crippen molar-refractivity contribution < 1.29 is 13.9 Å². The second-order valence-electron chi connectivity index (χ2n) is 5.99. The van der Waals surface area contributed by atoms with Crippen molar-refractivity contribution in [2.75, 3.05) is 12.3 Å². The van der Waals surface area contributed by atoms with Gasteiger partial charge in [0, 0.05) is 5.56 Å². The number of ether oxygens (including phenoxy) is 2. The lowest BCUT2D eigenvalue weighted by molar-refractivity contribution is 0.269. The molecule has 0 radical (unpaired) electrons. The molecular formula is C20H20ClFN4O2. The molecule has 8 heteroatoms. The van der Waals surface area contributed by atoms with E-state index in [1.165, 1.54) is 16.8 Å². The van der Waals surface area contributed by atoms with Gasteiger partial charge in [0.25, 0.3) is 0 Å². The largest absolute Gasteiger partial charge is 0.490 e. The number of imidazole rings is 1. The molecule has 0 saturated carbocycles. The molecule has 0 bridgehead atoms. The van der Waals surface area contributed by atoms with Crippen LogP contribution in [-0.4, -0.2) is 22.5 Å². The second kappa shape index (κ2) is 8.75. The smallest absolute Gasteiger partial charge is 0.221 e. The molecule has 0 saturated heterocycles. The van der Waals surface area contributed by atoms with Gasteiger partial charge in [0.2, 0.25) is 5.95 Å². The van der Waals surface area contributed by atoms with Gasteiger partial charge in [-0.3, -0.25) is 0 Å². The summed E-state index contributed by atoms with van der Waals surface area (Å²) in [5.41, 5.74) is 8.06. The molecule has 0 aliphatic carbocycles. The average molecular weight is 403 g/mol. The van der Waals surface area contributed by atoms with Gasteiger partial charge in [-0.25, -0.2) is 14.1 Å². The molecule has 1 heterocycles. The first-order valence-corrected chi connectivity index (χ1v) is 9.03. The number of nitrogens with zero attached hydrogens (tertiary/aromatic N) is 3. The summed E-state index contributed by atoms with van der Waals surface area (Å²) in [6.45, 7) is 4.39. The SMILES string of the molecule is CCOc1cc(C=Nn2cc(C)nc2N)ccc1OCc1ccc(F)cc1Cl. The van der Waals surface area contributed by atoms with Crippen molar-refractivity contribution in [2.24, 2.45) is 5.10 Å². The fraction of sp³-hybridized carbons (Fsp3) is 0.200. The molecule has 0 atom stereocenters. The molecular weight excluding hydrogens is 383 g/mol. The molecule has 1 aromatic heterocycles. The molecule has 0 spiro atoms. The number of nitrogen functional groups attached to an aromatic ring is 1. The van der Waals surface area contributed by atoms with Crippen LogP contribution in [0.3, 0.4) is 0 Å². The van der Waals surface area contributed by atoms with E-state index in [1.807, 2.05) is 26.0 Å². The molecule has 3 rings (SSSR count). The fourth-order valence-electron chi connectivity index (χ4n) is 2.51. The Hall–Kier alpha value is -3.06. The molecule has 146 valence electrons. The Morgan fingerprint density at radius 2 is 2.04 bits per heavy atom. The molecule has 2 N–H and O–H groups in total. The second-order valence-corrected chi connectivity index (χ2v) is 6.40. The minimum absolute atomic E-state index is 0.192. The van der Waals surface area contributed by atoms with Crippen molar-refractivity contribution in [2.45, 2.75) is 20.5 Å². The Morgan fingerprint density at radius 1 is 1.21 bits per heavy atom. The van der Waals surface area contributed by atoms with E-state index in [-0.39, 0.29) is 12.4 Å². The van der Waals surface area contributed by atoms with Crippen molar-refractivity contribution in [1.29, 1.82) is 0 Å². The first-order chi connectivity index (χ1) is 13.5. The Bertz CT molecular complexity index is 1000. The van der Waals surface area contributed by atoms with Gasteiger partial charge in [-0.05, 0) is 49.7 Å². The van der Waals surface area contributed by atoms with E-state index < -0.39 is 0 Å². The predicted octanol–water partition coefficient (Wildman–Crippen LogP) is 4.43. The molecule has 0 aliphatic heterocycles. The number of hydrogen-bond acceptors (Lipinski definition) is 5. The summed E-state index contributed by atoms with van der Waals surface area (Å²) in [4.78, 5) is 4.10. The summed E-state index contributed by atoms with van der Waals surface area (Å²) in [6.07, 6.45) is 3.39. The van der Waals surface area contributed by atoms with Gasteiger partial charge in [-0.1, -0.05) is 17.7 Å². The first-order valence-electron chi connectivity index (χ1n) is 8.65. The standard InChI is InChI=1S/C20H20ClFN4O2/c1-3-27-19-8-14(10-24-26-11-13(2)25-20(26)23)4-7-18(19)28-12-15-5-6-16(22)9-17(15)21/h4-11H,3,12H2,1-2H3,(H2,23,25). The molecule has 0 fully saturated rings. The Kier molecular flexibility index (Phi) is 6.16. The highest BCUT2D eigenvalue weighted by Gasteiger charge is 2.09. The highest BCUT2D eigenvalue weighted by molar-refractivity contribution is 6.31. The number of rotatable bonds is 7. The van der Waals surface area contributed by atoms with Crippen LogP contribution >= 0.6 is 11.6 Å². The highest BCUT2D eigenvalue weighted by Crippen LogP contribution is 2.30. The van der Waals surface area contributed by atoms with Crippen molar-refractivity contribution in [1.82, 2.24) is 9.66 Å². The molecule has 0 unspecified atom stereocenters. The van der Waals surface area contributed by atoms with Gasteiger partial charge in [-0.15, -0.1) is 0 Å². The van der Waals surface area contributed by atoms with Crippen molar-refractivity contribution >= 4 is 23.8 Å². The minimum Gasteiger partial charge on any atom is -0.490 e. The van der Waals surface area contributed by atoms with Crippen molar-refractivity contribution in [3.8, 4) is 11.5 Å². The summed E-state index contributed by atoms with van der Waals surface area (Å²) in [5.74, 6) is 1.05. The monoisotopic (exact) mass is 402 g/mol. The minimum atomic E-state index is -0.388. The van der Waals surface area contributed by atoms with Crippen LogP contribution in [0.5, 0.6) is 11.5 Å². The zero-order chi connectivity index (χ0) is 20.1.